The van der Waals surface area contributed by atoms with Crippen molar-refractivity contribution >= 4 is 45.7 Å². The summed E-state index contributed by atoms with van der Waals surface area (Å²) in [5, 5.41) is 6.47. The third-order valence-electron chi connectivity index (χ3n) is 4.85. The molecule has 0 saturated carbocycles. The van der Waals surface area contributed by atoms with Crippen molar-refractivity contribution in [1.82, 2.24) is 4.98 Å². The van der Waals surface area contributed by atoms with Gasteiger partial charge in [-0.15, -0.1) is 0 Å². The third kappa shape index (κ3) is 3.94. The maximum Gasteiger partial charge on any atom is 0.229 e. The number of benzene rings is 2. The predicted octanol–water partition coefficient (Wildman–Crippen LogP) is 3.18. The second-order valence-corrected chi connectivity index (χ2v) is 7.01. The number of nitrogens with zero attached hydrogens (tertiary/aromatic N) is 2. The predicted molar refractivity (Wildman–Crippen MR) is 112 cm³/mol. The van der Waals surface area contributed by atoms with Gasteiger partial charge in [0.05, 0.1) is 17.1 Å². The van der Waals surface area contributed by atoms with Gasteiger partial charge in [-0.25, -0.2) is 0 Å². The van der Waals surface area contributed by atoms with E-state index in [-0.39, 0.29) is 24.1 Å². The SMILES string of the molecule is CC(=O)Nc1cccc(NC(=O)C2CC(=O)N(c3cccc4cccnc34)C2)c1. The van der Waals surface area contributed by atoms with Crippen LogP contribution in [0.2, 0.25) is 0 Å². The summed E-state index contributed by atoms with van der Waals surface area (Å²) in [6.07, 6.45) is 1.83. The Kier molecular flexibility index (Phi) is 4.95. The number of pyridine rings is 1. The molecular formula is C22H20N4O3. The van der Waals surface area contributed by atoms with Crippen LogP contribution < -0.4 is 15.5 Å². The summed E-state index contributed by atoms with van der Waals surface area (Å²) in [5.41, 5.74) is 2.63. The molecule has 7 heteroatoms. The molecule has 1 aliphatic heterocycles. The van der Waals surface area contributed by atoms with E-state index in [1.54, 1.807) is 35.4 Å². The van der Waals surface area contributed by atoms with Crippen LogP contribution in [-0.4, -0.2) is 29.3 Å². The molecule has 2 N–H and O–H groups in total. The van der Waals surface area contributed by atoms with Gasteiger partial charge in [0.1, 0.15) is 0 Å². The largest absolute Gasteiger partial charge is 0.326 e. The molecule has 3 amide bonds. The number of hydrogen-bond donors (Lipinski definition) is 2. The maximum atomic E-state index is 12.7. The topological polar surface area (TPSA) is 91.4 Å². The van der Waals surface area contributed by atoms with E-state index in [2.05, 4.69) is 15.6 Å². The molecule has 0 bridgehead atoms. The molecule has 4 rings (SSSR count). The molecule has 1 saturated heterocycles. The fourth-order valence-corrected chi connectivity index (χ4v) is 3.54. The molecule has 146 valence electrons. The minimum atomic E-state index is -0.467. The molecule has 1 unspecified atom stereocenters. The minimum absolute atomic E-state index is 0.102. The first kappa shape index (κ1) is 18.6. The molecule has 1 aromatic heterocycles. The lowest BCUT2D eigenvalue weighted by atomic mass is 10.1. The van der Waals surface area contributed by atoms with E-state index in [1.807, 2.05) is 30.3 Å². The van der Waals surface area contributed by atoms with E-state index in [0.717, 1.165) is 16.6 Å². The third-order valence-corrected chi connectivity index (χ3v) is 4.85. The number of fused-ring (bicyclic) bond motifs is 1. The molecular weight excluding hydrogens is 368 g/mol. The van der Waals surface area contributed by atoms with E-state index in [4.69, 9.17) is 0 Å². The van der Waals surface area contributed by atoms with Crippen molar-refractivity contribution in [3.63, 3.8) is 0 Å². The van der Waals surface area contributed by atoms with Gasteiger partial charge in [0.15, 0.2) is 0 Å². The van der Waals surface area contributed by atoms with Crippen molar-refractivity contribution in [2.45, 2.75) is 13.3 Å². The number of carbonyl (C=O) groups excluding carboxylic acids is 3. The van der Waals surface area contributed by atoms with Gasteiger partial charge in [-0.05, 0) is 30.3 Å². The van der Waals surface area contributed by atoms with Crippen molar-refractivity contribution in [2.24, 2.45) is 5.92 Å². The lowest BCUT2D eigenvalue weighted by Gasteiger charge is -2.18. The van der Waals surface area contributed by atoms with E-state index >= 15 is 0 Å². The molecule has 2 heterocycles. The van der Waals surface area contributed by atoms with Gasteiger partial charge in [0, 0.05) is 42.8 Å². The number of para-hydroxylation sites is 1. The minimum Gasteiger partial charge on any atom is -0.326 e. The van der Waals surface area contributed by atoms with Gasteiger partial charge in [-0.2, -0.15) is 0 Å². The van der Waals surface area contributed by atoms with Crippen LogP contribution in [-0.2, 0) is 14.4 Å². The Bertz CT molecular complexity index is 1110. The van der Waals surface area contributed by atoms with Crippen LogP contribution in [0.4, 0.5) is 17.1 Å². The quantitative estimate of drug-likeness (QED) is 0.718. The van der Waals surface area contributed by atoms with Crippen molar-refractivity contribution in [2.75, 3.05) is 22.1 Å². The average Bonchev–Trinajstić information content (AvgIpc) is 3.09. The van der Waals surface area contributed by atoms with E-state index in [1.165, 1.54) is 6.92 Å². The average molecular weight is 388 g/mol. The number of aromatic nitrogens is 1. The monoisotopic (exact) mass is 388 g/mol. The zero-order chi connectivity index (χ0) is 20.4. The van der Waals surface area contributed by atoms with Gasteiger partial charge in [0.2, 0.25) is 17.7 Å². The van der Waals surface area contributed by atoms with Crippen LogP contribution in [0.5, 0.6) is 0 Å². The Morgan fingerprint density at radius 3 is 2.55 bits per heavy atom. The second kappa shape index (κ2) is 7.71. The highest BCUT2D eigenvalue weighted by Crippen LogP contribution is 2.31. The van der Waals surface area contributed by atoms with Crippen molar-refractivity contribution < 1.29 is 14.4 Å². The number of anilines is 3. The molecule has 1 aliphatic rings. The Morgan fingerprint density at radius 1 is 1.03 bits per heavy atom. The van der Waals surface area contributed by atoms with Crippen molar-refractivity contribution in [1.29, 1.82) is 0 Å². The number of rotatable bonds is 4. The second-order valence-electron chi connectivity index (χ2n) is 7.01. The zero-order valence-electron chi connectivity index (χ0n) is 15.9. The first-order valence-electron chi connectivity index (χ1n) is 9.34. The fourth-order valence-electron chi connectivity index (χ4n) is 3.54. The number of hydrogen-bond acceptors (Lipinski definition) is 4. The molecule has 1 fully saturated rings. The number of amides is 3. The van der Waals surface area contributed by atoms with Crippen LogP contribution >= 0.6 is 0 Å². The lowest BCUT2D eigenvalue weighted by molar-refractivity contribution is -0.122. The Hall–Kier alpha value is -3.74. The highest BCUT2D eigenvalue weighted by molar-refractivity contribution is 6.07. The van der Waals surface area contributed by atoms with Crippen LogP contribution in [0.1, 0.15) is 13.3 Å². The molecule has 29 heavy (non-hydrogen) atoms. The summed E-state index contributed by atoms with van der Waals surface area (Å²) in [6, 6.07) is 16.4. The van der Waals surface area contributed by atoms with E-state index in [0.29, 0.717) is 17.9 Å². The highest BCUT2D eigenvalue weighted by Gasteiger charge is 2.36. The summed E-state index contributed by atoms with van der Waals surface area (Å²) < 4.78 is 0. The smallest absolute Gasteiger partial charge is 0.229 e. The van der Waals surface area contributed by atoms with Crippen LogP contribution in [0.15, 0.2) is 60.8 Å². The van der Waals surface area contributed by atoms with Crippen molar-refractivity contribution in [3.05, 3.63) is 60.8 Å². The van der Waals surface area contributed by atoms with Crippen LogP contribution in [0, 0.1) is 5.92 Å². The Morgan fingerprint density at radius 2 is 1.76 bits per heavy atom. The van der Waals surface area contributed by atoms with E-state index in [9.17, 15) is 14.4 Å². The van der Waals surface area contributed by atoms with Crippen LogP contribution in [0.3, 0.4) is 0 Å². The molecule has 2 aromatic carbocycles. The zero-order valence-corrected chi connectivity index (χ0v) is 15.9. The Labute approximate surface area is 167 Å². The van der Waals surface area contributed by atoms with Crippen molar-refractivity contribution in [3.8, 4) is 0 Å². The summed E-state index contributed by atoms with van der Waals surface area (Å²) >= 11 is 0. The molecule has 1 atom stereocenters. The van der Waals surface area contributed by atoms with E-state index < -0.39 is 5.92 Å². The van der Waals surface area contributed by atoms with Gasteiger partial charge < -0.3 is 15.5 Å². The summed E-state index contributed by atoms with van der Waals surface area (Å²) in [5.74, 6) is -0.982. The highest BCUT2D eigenvalue weighted by atomic mass is 16.2. The lowest BCUT2D eigenvalue weighted by Crippen LogP contribution is -2.28. The molecule has 3 aromatic rings. The van der Waals surface area contributed by atoms with Gasteiger partial charge in [-0.3, -0.25) is 19.4 Å². The number of carbonyl (C=O) groups is 3. The van der Waals surface area contributed by atoms with Gasteiger partial charge in [0.25, 0.3) is 0 Å². The fraction of sp³-hybridized carbons (Fsp3) is 0.182. The molecule has 0 aliphatic carbocycles. The van der Waals surface area contributed by atoms with Gasteiger partial charge >= 0.3 is 0 Å². The standard InChI is InChI=1S/C22H20N4O3/c1-14(27)24-17-7-3-8-18(12-17)25-22(29)16-11-20(28)26(13-16)19-9-2-5-15-6-4-10-23-21(15)19/h2-10,12,16H,11,13H2,1H3,(H,24,27)(H,25,29). The summed E-state index contributed by atoms with van der Waals surface area (Å²) in [4.78, 5) is 42.6. The summed E-state index contributed by atoms with van der Waals surface area (Å²) in [6.45, 7) is 1.72. The Balaban J connectivity index is 1.50. The molecule has 0 spiro atoms. The van der Waals surface area contributed by atoms with Gasteiger partial charge in [-0.1, -0.05) is 24.3 Å². The summed E-state index contributed by atoms with van der Waals surface area (Å²) in [7, 11) is 0. The number of nitrogens with one attached hydrogen (secondary N) is 2. The first-order valence-corrected chi connectivity index (χ1v) is 9.34. The molecule has 0 radical (unpaired) electrons. The van der Waals surface area contributed by atoms with Crippen LogP contribution in [0.25, 0.3) is 10.9 Å². The maximum absolute atomic E-state index is 12.7. The normalized spacial score (nSPS) is 16.1. The molecule has 7 nitrogen and oxygen atoms in total. The first-order chi connectivity index (χ1) is 14.0.